The molecule has 0 bridgehead atoms. The molecule has 0 radical (unpaired) electrons. The van der Waals surface area contributed by atoms with Crippen molar-refractivity contribution in [2.24, 2.45) is 0 Å². The van der Waals surface area contributed by atoms with Gasteiger partial charge in [0.15, 0.2) is 0 Å². The van der Waals surface area contributed by atoms with Crippen molar-refractivity contribution in [3.05, 3.63) is 71.7 Å². The number of aryl methyl sites for hydroxylation is 1. The summed E-state index contributed by atoms with van der Waals surface area (Å²) in [5, 5.41) is 10.3. The van der Waals surface area contributed by atoms with Crippen molar-refractivity contribution < 1.29 is 14.0 Å². The van der Waals surface area contributed by atoms with Crippen LogP contribution in [0.15, 0.2) is 54.6 Å². The van der Waals surface area contributed by atoms with Crippen LogP contribution in [0, 0.1) is 12.7 Å². The molecule has 3 rings (SSSR count). The summed E-state index contributed by atoms with van der Waals surface area (Å²) in [6, 6.07) is 15.2. The lowest BCUT2D eigenvalue weighted by molar-refractivity contribution is -0.116. The minimum atomic E-state index is -0.527. The predicted octanol–water partition coefficient (Wildman–Crippen LogP) is 6.28. The van der Waals surface area contributed by atoms with Gasteiger partial charge in [-0.3, -0.25) is 4.79 Å². The van der Waals surface area contributed by atoms with Gasteiger partial charge in [0.1, 0.15) is 18.2 Å². The average molecular weight is 494 g/mol. The van der Waals surface area contributed by atoms with Crippen LogP contribution in [0.25, 0.3) is 5.69 Å². The van der Waals surface area contributed by atoms with Gasteiger partial charge in [-0.15, -0.1) is 0 Å². The minimum absolute atomic E-state index is 0.0794. The third-order valence-electron chi connectivity index (χ3n) is 5.76. The SMILES string of the molecule is CCCCCN(CC(=O)Nc1cc(C(C)(C)C)nn1-c1cccc(C)c1)C(=O)Nc1ccccc1F. The van der Waals surface area contributed by atoms with Crippen LogP contribution in [0.1, 0.15) is 58.2 Å². The molecule has 3 aromatic rings. The molecular weight excluding hydrogens is 457 g/mol. The molecule has 0 fully saturated rings. The Hall–Kier alpha value is -3.68. The first kappa shape index (κ1) is 26.9. The van der Waals surface area contributed by atoms with Crippen LogP contribution >= 0.6 is 0 Å². The highest BCUT2D eigenvalue weighted by molar-refractivity contribution is 5.96. The third kappa shape index (κ3) is 7.16. The third-order valence-corrected chi connectivity index (χ3v) is 5.76. The van der Waals surface area contributed by atoms with E-state index in [0.29, 0.717) is 12.4 Å². The van der Waals surface area contributed by atoms with Crippen molar-refractivity contribution >= 4 is 23.4 Å². The van der Waals surface area contributed by atoms with Gasteiger partial charge < -0.3 is 15.5 Å². The number of urea groups is 1. The Morgan fingerprint density at radius 1 is 1.03 bits per heavy atom. The molecule has 0 saturated carbocycles. The summed E-state index contributed by atoms with van der Waals surface area (Å²) in [5.41, 5.74) is 2.59. The molecule has 7 nitrogen and oxygen atoms in total. The van der Waals surface area contributed by atoms with E-state index in [4.69, 9.17) is 5.10 Å². The van der Waals surface area contributed by atoms with Gasteiger partial charge >= 0.3 is 6.03 Å². The fourth-order valence-electron chi connectivity index (χ4n) is 3.71. The van der Waals surface area contributed by atoms with Gasteiger partial charge in [0.2, 0.25) is 5.91 Å². The van der Waals surface area contributed by atoms with E-state index >= 15 is 0 Å². The van der Waals surface area contributed by atoms with Gasteiger partial charge in [-0.05, 0) is 43.2 Å². The van der Waals surface area contributed by atoms with E-state index in [0.717, 1.165) is 36.2 Å². The van der Waals surface area contributed by atoms with E-state index in [1.807, 2.05) is 37.3 Å². The zero-order chi connectivity index (χ0) is 26.3. The first-order chi connectivity index (χ1) is 17.1. The number of para-hydroxylation sites is 1. The summed E-state index contributed by atoms with van der Waals surface area (Å²) in [4.78, 5) is 27.5. The number of carbonyl (C=O) groups is 2. The summed E-state index contributed by atoms with van der Waals surface area (Å²) in [7, 11) is 0. The van der Waals surface area contributed by atoms with Crippen molar-refractivity contribution in [3.63, 3.8) is 0 Å². The van der Waals surface area contributed by atoms with Crippen molar-refractivity contribution in [1.82, 2.24) is 14.7 Å². The van der Waals surface area contributed by atoms with E-state index in [-0.39, 0.29) is 23.6 Å². The second-order valence-electron chi connectivity index (χ2n) is 10.0. The van der Waals surface area contributed by atoms with Crippen LogP contribution in [-0.4, -0.2) is 39.7 Å². The van der Waals surface area contributed by atoms with E-state index in [9.17, 15) is 14.0 Å². The summed E-state index contributed by atoms with van der Waals surface area (Å²) in [6.45, 7) is 10.5. The normalized spacial score (nSPS) is 11.3. The Bertz CT molecular complexity index is 1200. The highest BCUT2D eigenvalue weighted by atomic mass is 19.1. The number of unbranched alkanes of at least 4 members (excludes halogenated alkanes) is 2. The number of hydrogen-bond donors (Lipinski definition) is 2. The first-order valence-electron chi connectivity index (χ1n) is 12.4. The Kier molecular flexibility index (Phi) is 8.85. The first-order valence-corrected chi connectivity index (χ1v) is 12.4. The zero-order valence-electron chi connectivity index (χ0n) is 21.8. The Morgan fingerprint density at radius 3 is 2.44 bits per heavy atom. The van der Waals surface area contributed by atoms with Gasteiger partial charge in [0, 0.05) is 18.0 Å². The molecule has 192 valence electrons. The maximum atomic E-state index is 14.1. The largest absolute Gasteiger partial charge is 0.322 e. The lowest BCUT2D eigenvalue weighted by Crippen LogP contribution is -2.41. The Morgan fingerprint density at radius 2 is 1.78 bits per heavy atom. The number of amides is 3. The smallest absolute Gasteiger partial charge is 0.315 e. The van der Waals surface area contributed by atoms with Gasteiger partial charge in [0.05, 0.1) is 17.1 Å². The van der Waals surface area contributed by atoms with E-state index in [1.165, 1.54) is 17.0 Å². The zero-order valence-corrected chi connectivity index (χ0v) is 21.8. The number of nitrogens with one attached hydrogen (secondary N) is 2. The maximum absolute atomic E-state index is 14.1. The molecule has 0 spiro atoms. The van der Waals surface area contributed by atoms with E-state index in [1.54, 1.807) is 16.8 Å². The maximum Gasteiger partial charge on any atom is 0.322 e. The standard InChI is InChI=1S/C28H36FN5O2/c1-6-7-10-16-33(27(36)30-23-15-9-8-14-22(23)29)19-26(35)31-25-18-24(28(3,4)5)32-34(25)21-13-11-12-20(2)17-21/h8-9,11-15,17-18H,6-7,10,16,19H2,1-5H3,(H,30,36)(H,31,35). The van der Waals surface area contributed by atoms with Crippen molar-refractivity contribution in [3.8, 4) is 5.69 Å². The number of anilines is 2. The number of nitrogens with zero attached hydrogens (tertiary/aromatic N) is 3. The predicted molar refractivity (Wildman–Crippen MR) is 142 cm³/mol. The molecule has 36 heavy (non-hydrogen) atoms. The van der Waals surface area contributed by atoms with Gasteiger partial charge in [-0.25, -0.2) is 13.9 Å². The monoisotopic (exact) mass is 493 g/mol. The molecule has 1 heterocycles. The second kappa shape index (κ2) is 11.8. The van der Waals surface area contributed by atoms with Crippen LogP contribution < -0.4 is 10.6 Å². The van der Waals surface area contributed by atoms with Gasteiger partial charge in [-0.2, -0.15) is 5.10 Å². The van der Waals surface area contributed by atoms with Crippen LogP contribution in [-0.2, 0) is 10.2 Å². The second-order valence-corrected chi connectivity index (χ2v) is 10.0. The molecular formula is C28H36FN5O2. The highest BCUT2D eigenvalue weighted by Gasteiger charge is 2.23. The van der Waals surface area contributed by atoms with E-state index < -0.39 is 11.8 Å². The molecule has 1 aromatic heterocycles. The molecule has 0 saturated heterocycles. The minimum Gasteiger partial charge on any atom is -0.315 e. The molecule has 3 amide bonds. The van der Waals surface area contributed by atoms with Crippen LogP contribution in [0.2, 0.25) is 0 Å². The van der Waals surface area contributed by atoms with Gasteiger partial charge in [-0.1, -0.05) is 64.8 Å². The number of rotatable bonds is 9. The molecule has 0 aliphatic carbocycles. The number of benzene rings is 2. The highest BCUT2D eigenvalue weighted by Crippen LogP contribution is 2.26. The van der Waals surface area contributed by atoms with Crippen LogP contribution in [0.5, 0.6) is 0 Å². The number of aromatic nitrogens is 2. The molecule has 2 N–H and O–H groups in total. The molecule has 8 heteroatoms. The van der Waals surface area contributed by atoms with Crippen molar-refractivity contribution in [2.75, 3.05) is 23.7 Å². The topological polar surface area (TPSA) is 79.3 Å². The van der Waals surface area contributed by atoms with Gasteiger partial charge in [0.25, 0.3) is 0 Å². The number of carbonyl (C=O) groups excluding carboxylic acids is 2. The molecule has 2 aromatic carbocycles. The van der Waals surface area contributed by atoms with E-state index in [2.05, 4.69) is 38.3 Å². The molecule has 0 aliphatic heterocycles. The summed E-state index contributed by atoms with van der Waals surface area (Å²) < 4.78 is 15.8. The summed E-state index contributed by atoms with van der Waals surface area (Å²) in [5.74, 6) is -0.358. The summed E-state index contributed by atoms with van der Waals surface area (Å²) >= 11 is 0. The van der Waals surface area contributed by atoms with Crippen LogP contribution in [0.4, 0.5) is 20.7 Å². The fourth-order valence-corrected chi connectivity index (χ4v) is 3.71. The summed E-state index contributed by atoms with van der Waals surface area (Å²) in [6.07, 6.45) is 2.63. The fraction of sp³-hybridized carbons (Fsp3) is 0.393. The van der Waals surface area contributed by atoms with Crippen LogP contribution in [0.3, 0.4) is 0 Å². The molecule has 0 unspecified atom stereocenters. The molecule has 0 aliphatic rings. The lowest BCUT2D eigenvalue weighted by atomic mass is 9.92. The Balaban J connectivity index is 1.81. The number of hydrogen-bond acceptors (Lipinski definition) is 3. The van der Waals surface area contributed by atoms with Crippen molar-refractivity contribution in [1.29, 1.82) is 0 Å². The molecule has 0 atom stereocenters. The van der Waals surface area contributed by atoms with Crippen molar-refractivity contribution in [2.45, 2.75) is 59.3 Å². The quantitative estimate of drug-likeness (QED) is 0.344. The lowest BCUT2D eigenvalue weighted by Gasteiger charge is -2.23. The Labute approximate surface area is 212 Å². The average Bonchev–Trinajstić information content (AvgIpc) is 3.24. The number of halogens is 1.